The highest BCUT2D eigenvalue weighted by atomic mass is 19.1. The third kappa shape index (κ3) is 5.74. The summed E-state index contributed by atoms with van der Waals surface area (Å²) in [6, 6.07) is 13.1. The standard InChI is InChI=1S/C18H16FNO3/c1-13-5-7-14(8-6-13)9-10-18(22)23-12-17(21)20-16-4-2-3-15(19)11-16/h2-11H,12H2,1H3,(H,20,21)/b10-9+. The fourth-order valence-corrected chi connectivity index (χ4v) is 1.79. The predicted octanol–water partition coefficient (Wildman–Crippen LogP) is 3.33. The monoisotopic (exact) mass is 313 g/mol. The normalized spacial score (nSPS) is 10.5. The van der Waals surface area contributed by atoms with E-state index < -0.39 is 24.3 Å². The largest absolute Gasteiger partial charge is 0.452 e. The lowest BCUT2D eigenvalue weighted by Crippen LogP contribution is -2.20. The molecule has 0 spiro atoms. The molecule has 1 amide bonds. The van der Waals surface area contributed by atoms with Crippen LogP contribution in [0.15, 0.2) is 54.6 Å². The second-order valence-electron chi connectivity index (χ2n) is 4.91. The van der Waals surface area contributed by atoms with Gasteiger partial charge in [-0.25, -0.2) is 9.18 Å². The molecule has 2 rings (SSSR count). The van der Waals surface area contributed by atoms with Crippen molar-refractivity contribution in [3.63, 3.8) is 0 Å². The summed E-state index contributed by atoms with van der Waals surface area (Å²) in [5.41, 5.74) is 2.29. The zero-order valence-corrected chi connectivity index (χ0v) is 12.6. The summed E-state index contributed by atoms with van der Waals surface area (Å²) in [4.78, 5) is 23.2. The Bertz CT molecular complexity index is 723. The first-order valence-corrected chi connectivity index (χ1v) is 7.00. The first kappa shape index (κ1) is 16.4. The van der Waals surface area contributed by atoms with Crippen LogP contribution >= 0.6 is 0 Å². The lowest BCUT2D eigenvalue weighted by atomic mass is 10.1. The molecular formula is C18H16FNO3. The predicted molar refractivity (Wildman–Crippen MR) is 86.2 cm³/mol. The van der Waals surface area contributed by atoms with Crippen molar-refractivity contribution < 1.29 is 18.7 Å². The number of halogens is 1. The van der Waals surface area contributed by atoms with Gasteiger partial charge in [0.25, 0.3) is 5.91 Å². The molecule has 118 valence electrons. The molecule has 0 atom stereocenters. The number of rotatable bonds is 5. The van der Waals surface area contributed by atoms with Crippen LogP contribution in [0.25, 0.3) is 6.08 Å². The Morgan fingerprint density at radius 3 is 2.61 bits per heavy atom. The Kier molecular flexibility index (Phi) is 5.63. The fourth-order valence-electron chi connectivity index (χ4n) is 1.79. The van der Waals surface area contributed by atoms with Gasteiger partial charge in [-0.1, -0.05) is 35.9 Å². The summed E-state index contributed by atoms with van der Waals surface area (Å²) in [6.07, 6.45) is 2.85. The van der Waals surface area contributed by atoms with Crippen LogP contribution in [-0.4, -0.2) is 18.5 Å². The molecule has 0 saturated heterocycles. The molecule has 0 radical (unpaired) electrons. The van der Waals surface area contributed by atoms with Crippen molar-refractivity contribution in [1.29, 1.82) is 0 Å². The number of carbonyl (C=O) groups is 2. The highest BCUT2D eigenvalue weighted by Crippen LogP contribution is 2.09. The van der Waals surface area contributed by atoms with Crippen molar-refractivity contribution in [2.75, 3.05) is 11.9 Å². The number of anilines is 1. The first-order chi connectivity index (χ1) is 11.0. The Balaban J connectivity index is 1.79. The highest BCUT2D eigenvalue weighted by Gasteiger charge is 2.06. The third-order valence-corrected chi connectivity index (χ3v) is 2.94. The minimum Gasteiger partial charge on any atom is -0.452 e. The summed E-state index contributed by atoms with van der Waals surface area (Å²) in [7, 11) is 0. The van der Waals surface area contributed by atoms with Gasteiger partial charge in [0.15, 0.2) is 6.61 Å². The second kappa shape index (κ2) is 7.89. The van der Waals surface area contributed by atoms with Crippen molar-refractivity contribution in [1.82, 2.24) is 0 Å². The molecular weight excluding hydrogens is 297 g/mol. The maximum atomic E-state index is 13.0. The van der Waals surface area contributed by atoms with E-state index >= 15 is 0 Å². The van der Waals surface area contributed by atoms with Crippen LogP contribution in [-0.2, 0) is 14.3 Å². The molecule has 0 bridgehead atoms. The van der Waals surface area contributed by atoms with Crippen molar-refractivity contribution in [2.24, 2.45) is 0 Å². The number of carbonyl (C=O) groups excluding carboxylic acids is 2. The quantitative estimate of drug-likeness (QED) is 0.680. The minimum atomic E-state index is -0.625. The second-order valence-corrected chi connectivity index (χ2v) is 4.91. The molecule has 4 nitrogen and oxygen atoms in total. The topological polar surface area (TPSA) is 55.4 Å². The van der Waals surface area contributed by atoms with Gasteiger partial charge in [-0.15, -0.1) is 0 Å². The van der Waals surface area contributed by atoms with E-state index in [1.807, 2.05) is 31.2 Å². The number of nitrogens with one attached hydrogen (secondary N) is 1. The summed E-state index contributed by atoms with van der Waals surface area (Å²) in [5, 5.41) is 2.44. The molecule has 0 unspecified atom stereocenters. The molecule has 1 N–H and O–H groups in total. The van der Waals surface area contributed by atoms with Crippen LogP contribution in [0.3, 0.4) is 0 Å². The first-order valence-electron chi connectivity index (χ1n) is 7.00. The zero-order valence-electron chi connectivity index (χ0n) is 12.6. The van der Waals surface area contributed by atoms with Gasteiger partial charge in [-0.2, -0.15) is 0 Å². The molecule has 0 fully saturated rings. The van der Waals surface area contributed by atoms with Gasteiger partial charge >= 0.3 is 5.97 Å². The smallest absolute Gasteiger partial charge is 0.331 e. The van der Waals surface area contributed by atoms with Gasteiger partial charge in [-0.05, 0) is 36.8 Å². The Morgan fingerprint density at radius 1 is 1.17 bits per heavy atom. The van der Waals surface area contributed by atoms with E-state index in [4.69, 9.17) is 4.74 Å². The van der Waals surface area contributed by atoms with Gasteiger partial charge in [0.1, 0.15) is 5.82 Å². The average molecular weight is 313 g/mol. The number of amides is 1. The van der Waals surface area contributed by atoms with Crippen LogP contribution in [0.5, 0.6) is 0 Å². The number of ether oxygens (including phenoxy) is 1. The van der Waals surface area contributed by atoms with Crippen molar-refractivity contribution >= 4 is 23.6 Å². The van der Waals surface area contributed by atoms with Gasteiger partial charge in [-0.3, -0.25) is 4.79 Å². The third-order valence-electron chi connectivity index (χ3n) is 2.94. The number of benzene rings is 2. The number of hydrogen-bond acceptors (Lipinski definition) is 3. The summed E-state index contributed by atoms with van der Waals surface area (Å²) in [5.74, 6) is -1.62. The van der Waals surface area contributed by atoms with E-state index in [1.54, 1.807) is 12.1 Å². The molecule has 0 heterocycles. The average Bonchev–Trinajstić information content (AvgIpc) is 2.52. The Labute approximate surface area is 133 Å². The summed E-state index contributed by atoms with van der Waals surface area (Å²) < 4.78 is 17.8. The van der Waals surface area contributed by atoms with Crippen molar-refractivity contribution in [3.8, 4) is 0 Å². The highest BCUT2D eigenvalue weighted by molar-refractivity contribution is 5.94. The van der Waals surface area contributed by atoms with Crippen LogP contribution < -0.4 is 5.32 Å². The van der Waals surface area contributed by atoms with Gasteiger partial charge < -0.3 is 10.1 Å². The lowest BCUT2D eigenvalue weighted by molar-refractivity contribution is -0.142. The Morgan fingerprint density at radius 2 is 1.91 bits per heavy atom. The van der Waals surface area contributed by atoms with Gasteiger partial charge in [0, 0.05) is 11.8 Å². The Hall–Kier alpha value is -2.95. The van der Waals surface area contributed by atoms with E-state index in [1.165, 1.54) is 24.3 Å². The fraction of sp³-hybridized carbons (Fsp3) is 0.111. The maximum absolute atomic E-state index is 13.0. The van der Waals surface area contributed by atoms with Gasteiger partial charge in [0.2, 0.25) is 0 Å². The van der Waals surface area contributed by atoms with Crippen molar-refractivity contribution in [3.05, 3.63) is 71.6 Å². The molecule has 2 aromatic carbocycles. The van der Waals surface area contributed by atoms with E-state index in [9.17, 15) is 14.0 Å². The summed E-state index contributed by atoms with van der Waals surface area (Å²) in [6.45, 7) is 1.53. The van der Waals surface area contributed by atoms with Crippen LogP contribution in [0.2, 0.25) is 0 Å². The van der Waals surface area contributed by atoms with Gasteiger partial charge in [0.05, 0.1) is 0 Å². The molecule has 0 aliphatic carbocycles. The maximum Gasteiger partial charge on any atom is 0.331 e. The number of aryl methyl sites for hydroxylation is 1. The van der Waals surface area contributed by atoms with Crippen LogP contribution in [0.4, 0.5) is 10.1 Å². The van der Waals surface area contributed by atoms with Crippen LogP contribution in [0, 0.1) is 12.7 Å². The lowest BCUT2D eigenvalue weighted by Gasteiger charge is -2.05. The SMILES string of the molecule is Cc1ccc(/C=C/C(=O)OCC(=O)Nc2cccc(F)c2)cc1. The summed E-state index contributed by atoms with van der Waals surface area (Å²) >= 11 is 0. The molecule has 0 saturated carbocycles. The van der Waals surface area contributed by atoms with E-state index in [0.29, 0.717) is 5.69 Å². The van der Waals surface area contributed by atoms with E-state index in [2.05, 4.69) is 5.32 Å². The molecule has 23 heavy (non-hydrogen) atoms. The molecule has 0 aromatic heterocycles. The molecule has 0 aliphatic rings. The number of hydrogen-bond donors (Lipinski definition) is 1. The molecule has 5 heteroatoms. The number of esters is 1. The van der Waals surface area contributed by atoms with E-state index in [-0.39, 0.29) is 0 Å². The zero-order chi connectivity index (χ0) is 16.7. The van der Waals surface area contributed by atoms with Crippen LogP contribution in [0.1, 0.15) is 11.1 Å². The van der Waals surface area contributed by atoms with E-state index in [0.717, 1.165) is 11.1 Å². The molecule has 0 aliphatic heterocycles. The molecule has 2 aromatic rings. The minimum absolute atomic E-state index is 0.307. The van der Waals surface area contributed by atoms with Crippen molar-refractivity contribution in [2.45, 2.75) is 6.92 Å².